The van der Waals surface area contributed by atoms with Crippen LogP contribution in [0.1, 0.15) is 35.4 Å². The topological polar surface area (TPSA) is 85.5 Å². The summed E-state index contributed by atoms with van der Waals surface area (Å²) < 4.78 is 10.4. The van der Waals surface area contributed by atoms with Gasteiger partial charge >= 0.3 is 5.97 Å². The van der Waals surface area contributed by atoms with Crippen molar-refractivity contribution in [2.75, 3.05) is 0 Å². The molecular formula is C13H13ClN2O4. The molecule has 106 valence electrons. The van der Waals surface area contributed by atoms with Gasteiger partial charge in [0, 0.05) is 11.4 Å². The van der Waals surface area contributed by atoms with Gasteiger partial charge in [-0.3, -0.25) is 0 Å². The first kappa shape index (κ1) is 14.3. The molecule has 1 N–H and O–H groups in total. The first-order valence-corrected chi connectivity index (χ1v) is 6.45. The molecule has 0 saturated carbocycles. The predicted molar refractivity (Wildman–Crippen MR) is 71.0 cm³/mol. The van der Waals surface area contributed by atoms with Crippen LogP contribution in [0.25, 0.3) is 0 Å². The zero-order valence-electron chi connectivity index (χ0n) is 10.8. The lowest BCUT2D eigenvalue weighted by Gasteiger charge is -2.07. The zero-order chi connectivity index (χ0) is 14.5. The SMILES string of the molecule is CCCc1noc(COc2cc(Cl)ccc2C(=O)O)n1. The molecule has 20 heavy (non-hydrogen) atoms. The Morgan fingerprint density at radius 2 is 2.30 bits per heavy atom. The summed E-state index contributed by atoms with van der Waals surface area (Å²) >= 11 is 5.82. The number of rotatable bonds is 6. The Kier molecular flexibility index (Phi) is 4.57. The van der Waals surface area contributed by atoms with Crippen molar-refractivity contribution in [3.63, 3.8) is 0 Å². The van der Waals surface area contributed by atoms with Crippen LogP contribution in [-0.4, -0.2) is 21.2 Å². The van der Waals surface area contributed by atoms with Gasteiger partial charge in [-0.2, -0.15) is 4.98 Å². The Labute approximate surface area is 120 Å². The molecule has 0 radical (unpaired) electrons. The van der Waals surface area contributed by atoms with E-state index in [2.05, 4.69) is 10.1 Å². The molecule has 1 aromatic carbocycles. The average Bonchev–Trinajstić information content (AvgIpc) is 2.84. The van der Waals surface area contributed by atoms with Crippen molar-refractivity contribution in [1.29, 1.82) is 0 Å². The standard InChI is InChI=1S/C13H13ClN2O4/c1-2-3-11-15-12(20-16-11)7-19-10-6-8(14)4-5-9(10)13(17)18/h4-6H,2-3,7H2,1H3,(H,17,18). The number of aromatic carboxylic acids is 1. The fourth-order valence-corrected chi connectivity index (χ4v) is 1.77. The van der Waals surface area contributed by atoms with Crippen LogP contribution in [0.3, 0.4) is 0 Å². The highest BCUT2D eigenvalue weighted by molar-refractivity contribution is 6.30. The highest BCUT2D eigenvalue weighted by atomic mass is 35.5. The first-order valence-electron chi connectivity index (χ1n) is 6.07. The first-order chi connectivity index (χ1) is 9.60. The third-order valence-corrected chi connectivity index (χ3v) is 2.74. The van der Waals surface area contributed by atoms with E-state index in [1.54, 1.807) is 0 Å². The van der Waals surface area contributed by atoms with Gasteiger partial charge in [0.05, 0.1) is 0 Å². The Morgan fingerprint density at radius 1 is 1.50 bits per heavy atom. The number of ether oxygens (including phenoxy) is 1. The average molecular weight is 297 g/mol. The lowest BCUT2D eigenvalue weighted by atomic mass is 10.2. The molecule has 1 heterocycles. The van der Waals surface area contributed by atoms with E-state index >= 15 is 0 Å². The highest BCUT2D eigenvalue weighted by Gasteiger charge is 2.13. The largest absolute Gasteiger partial charge is 0.483 e. The summed E-state index contributed by atoms with van der Waals surface area (Å²) in [5.41, 5.74) is 0.0303. The fraction of sp³-hybridized carbons (Fsp3) is 0.308. The summed E-state index contributed by atoms with van der Waals surface area (Å²) in [7, 11) is 0. The summed E-state index contributed by atoms with van der Waals surface area (Å²) in [6, 6.07) is 4.31. The number of hydrogen-bond donors (Lipinski definition) is 1. The van der Waals surface area contributed by atoms with E-state index in [1.807, 2.05) is 6.92 Å². The van der Waals surface area contributed by atoms with Gasteiger partial charge in [0.2, 0.25) is 0 Å². The maximum absolute atomic E-state index is 11.1. The molecule has 0 aliphatic rings. The van der Waals surface area contributed by atoms with E-state index in [0.29, 0.717) is 16.7 Å². The Morgan fingerprint density at radius 3 is 3.00 bits per heavy atom. The van der Waals surface area contributed by atoms with E-state index in [0.717, 1.165) is 12.8 Å². The minimum atomic E-state index is -1.09. The molecule has 2 rings (SSSR count). The highest BCUT2D eigenvalue weighted by Crippen LogP contribution is 2.24. The lowest BCUT2D eigenvalue weighted by Crippen LogP contribution is -2.03. The maximum atomic E-state index is 11.1. The maximum Gasteiger partial charge on any atom is 0.339 e. The number of halogens is 1. The molecule has 6 nitrogen and oxygen atoms in total. The Balaban J connectivity index is 2.09. The van der Waals surface area contributed by atoms with E-state index in [9.17, 15) is 4.79 Å². The van der Waals surface area contributed by atoms with Crippen molar-refractivity contribution in [2.45, 2.75) is 26.4 Å². The number of nitrogens with zero attached hydrogens (tertiary/aromatic N) is 2. The number of benzene rings is 1. The zero-order valence-corrected chi connectivity index (χ0v) is 11.6. The number of carboxylic acid groups (broad SMARTS) is 1. The third kappa shape index (κ3) is 3.48. The molecule has 0 atom stereocenters. The molecule has 0 spiro atoms. The van der Waals surface area contributed by atoms with Gasteiger partial charge in [0.15, 0.2) is 12.4 Å². The number of carbonyl (C=O) groups is 1. The van der Waals surface area contributed by atoms with E-state index in [4.69, 9.17) is 26.0 Å². The third-order valence-electron chi connectivity index (χ3n) is 2.51. The quantitative estimate of drug-likeness (QED) is 0.882. The molecule has 1 aromatic heterocycles. The van der Waals surface area contributed by atoms with Gasteiger partial charge in [0.1, 0.15) is 11.3 Å². The molecule has 7 heteroatoms. The second kappa shape index (κ2) is 6.38. The Bertz CT molecular complexity index is 612. The Hall–Kier alpha value is -2.08. The second-order valence-electron chi connectivity index (χ2n) is 4.09. The summed E-state index contributed by atoms with van der Waals surface area (Å²) in [5, 5.41) is 13.2. The van der Waals surface area contributed by atoms with Crippen molar-refractivity contribution >= 4 is 17.6 Å². The van der Waals surface area contributed by atoms with Crippen molar-refractivity contribution in [3.8, 4) is 5.75 Å². The monoisotopic (exact) mass is 296 g/mol. The summed E-state index contributed by atoms with van der Waals surface area (Å²) in [4.78, 5) is 15.2. The second-order valence-corrected chi connectivity index (χ2v) is 4.53. The number of hydrogen-bond acceptors (Lipinski definition) is 5. The van der Waals surface area contributed by atoms with Gasteiger partial charge < -0.3 is 14.4 Å². The molecule has 0 fully saturated rings. The molecule has 0 amide bonds. The molecule has 0 bridgehead atoms. The minimum absolute atomic E-state index is 0.00264. The summed E-state index contributed by atoms with van der Waals surface area (Å²) in [6.45, 7) is 2.01. The van der Waals surface area contributed by atoms with Gasteiger partial charge in [0.25, 0.3) is 5.89 Å². The van der Waals surface area contributed by atoms with Crippen LogP contribution in [0.2, 0.25) is 5.02 Å². The lowest BCUT2D eigenvalue weighted by molar-refractivity contribution is 0.0691. The van der Waals surface area contributed by atoms with Crippen LogP contribution in [0.4, 0.5) is 0 Å². The van der Waals surface area contributed by atoms with E-state index in [-0.39, 0.29) is 17.9 Å². The summed E-state index contributed by atoms with van der Waals surface area (Å²) in [5.74, 6) is -0.0190. The van der Waals surface area contributed by atoms with Crippen LogP contribution in [0.5, 0.6) is 5.75 Å². The van der Waals surface area contributed by atoms with Crippen LogP contribution in [0, 0.1) is 0 Å². The molecule has 0 saturated heterocycles. The van der Waals surface area contributed by atoms with Crippen LogP contribution in [-0.2, 0) is 13.0 Å². The molecular weight excluding hydrogens is 284 g/mol. The van der Waals surface area contributed by atoms with Crippen molar-refractivity contribution in [1.82, 2.24) is 10.1 Å². The summed E-state index contributed by atoms with van der Waals surface area (Å²) in [6.07, 6.45) is 1.64. The van der Waals surface area contributed by atoms with Crippen molar-refractivity contribution in [2.24, 2.45) is 0 Å². The van der Waals surface area contributed by atoms with Gasteiger partial charge in [-0.1, -0.05) is 23.7 Å². The molecule has 2 aromatic rings. The van der Waals surface area contributed by atoms with Crippen molar-refractivity contribution in [3.05, 3.63) is 40.5 Å². The van der Waals surface area contributed by atoms with Crippen LogP contribution < -0.4 is 4.74 Å². The smallest absolute Gasteiger partial charge is 0.339 e. The van der Waals surface area contributed by atoms with Gasteiger partial charge in [-0.25, -0.2) is 4.79 Å². The van der Waals surface area contributed by atoms with Crippen LogP contribution in [0.15, 0.2) is 22.7 Å². The van der Waals surface area contributed by atoms with E-state index < -0.39 is 5.97 Å². The van der Waals surface area contributed by atoms with Gasteiger partial charge in [-0.05, 0) is 24.6 Å². The fourth-order valence-electron chi connectivity index (χ4n) is 1.61. The number of aromatic nitrogens is 2. The normalized spacial score (nSPS) is 10.5. The predicted octanol–water partition coefficient (Wildman–Crippen LogP) is 2.95. The van der Waals surface area contributed by atoms with Crippen molar-refractivity contribution < 1.29 is 19.2 Å². The van der Waals surface area contributed by atoms with Crippen LogP contribution >= 0.6 is 11.6 Å². The number of aryl methyl sites for hydroxylation is 1. The van der Waals surface area contributed by atoms with Gasteiger partial charge in [-0.15, -0.1) is 0 Å². The number of carboxylic acids is 1. The van der Waals surface area contributed by atoms with E-state index in [1.165, 1.54) is 18.2 Å². The minimum Gasteiger partial charge on any atom is -0.483 e. The molecule has 0 aliphatic heterocycles. The molecule has 0 unspecified atom stereocenters. The molecule has 0 aliphatic carbocycles.